The van der Waals surface area contributed by atoms with Crippen LogP contribution < -0.4 is 33.2 Å². The summed E-state index contributed by atoms with van der Waals surface area (Å²) in [6, 6.07) is 1.87. The Kier molecular flexibility index (Phi) is 11.8. The monoisotopic (exact) mass is 547 g/mol. The van der Waals surface area contributed by atoms with Gasteiger partial charge >= 0.3 is 5.97 Å². The molecule has 5 unspecified atom stereocenters. The number of carboxylic acids is 1. The Bertz CT molecular complexity index is 1170. The van der Waals surface area contributed by atoms with Crippen LogP contribution in [-0.4, -0.2) is 81.6 Å². The number of aliphatic hydroxyl groups excluding tert-OH is 1. The molecular weight excluding hydrogens is 510 g/mol. The Morgan fingerprint density at radius 1 is 0.949 bits per heavy atom. The molecule has 1 aromatic heterocycles. The molecule has 39 heavy (non-hydrogen) atoms. The molecule has 5 atom stereocenters. The number of hydrogen-bond donors (Lipinski definition) is 9. The number of amides is 4. The van der Waals surface area contributed by atoms with Crippen LogP contribution in [-0.2, 0) is 30.4 Å². The number of aromatic nitrogens is 1. The molecule has 214 valence electrons. The first-order valence-electron chi connectivity index (χ1n) is 12.6. The number of nitrogens with two attached hydrogens (primary N) is 3. The van der Waals surface area contributed by atoms with E-state index in [1.54, 1.807) is 12.3 Å². The fourth-order valence-electron chi connectivity index (χ4n) is 3.92. The summed E-state index contributed by atoms with van der Waals surface area (Å²) >= 11 is 0. The van der Waals surface area contributed by atoms with Crippen LogP contribution in [0.2, 0.25) is 0 Å². The van der Waals surface area contributed by atoms with Crippen LogP contribution >= 0.6 is 0 Å². The molecule has 0 aliphatic heterocycles. The highest BCUT2D eigenvalue weighted by molar-refractivity contribution is 5.96. The van der Waals surface area contributed by atoms with E-state index in [1.165, 1.54) is 6.92 Å². The van der Waals surface area contributed by atoms with Crippen LogP contribution in [0.3, 0.4) is 0 Å². The molecule has 0 aliphatic rings. The lowest BCUT2D eigenvalue weighted by Gasteiger charge is -2.25. The zero-order chi connectivity index (χ0) is 29.1. The summed E-state index contributed by atoms with van der Waals surface area (Å²) in [6.45, 7) is 1.65. The van der Waals surface area contributed by atoms with Gasteiger partial charge in [-0.1, -0.05) is 18.2 Å². The van der Waals surface area contributed by atoms with Crippen molar-refractivity contribution < 1.29 is 34.2 Å². The number of aromatic amines is 1. The molecule has 0 aliphatic carbocycles. The van der Waals surface area contributed by atoms with Gasteiger partial charge in [-0.05, 0) is 44.4 Å². The van der Waals surface area contributed by atoms with Gasteiger partial charge in [0.15, 0.2) is 0 Å². The Hall–Kier alpha value is -4.01. The van der Waals surface area contributed by atoms with Gasteiger partial charge in [0.2, 0.25) is 23.6 Å². The fraction of sp³-hybridized carbons (Fsp3) is 0.480. The zero-order valence-electron chi connectivity index (χ0n) is 21.7. The second-order valence-corrected chi connectivity index (χ2v) is 9.31. The Morgan fingerprint density at radius 2 is 1.56 bits per heavy atom. The molecule has 0 radical (unpaired) electrons. The molecule has 0 saturated heterocycles. The van der Waals surface area contributed by atoms with Crippen LogP contribution in [0, 0.1) is 0 Å². The SMILES string of the molecule is CC(O)C(N)C(=O)NC(CC(N)=O)C(=O)NC(Cc1c[nH]c2ccccc12)C(=O)NC(CCCCN)C(=O)O. The van der Waals surface area contributed by atoms with Gasteiger partial charge in [-0.15, -0.1) is 0 Å². The minimum atomic E-state index is -1.50. The summed E-state index contributed by atoms with van der Waals surface area (Å²) in [7, 11) is 0. The highest BCUT2D eigenvalue weighted by Gasteiger charge is 2.32. The van der Waals surface area contributed by atoms with Gasteiger partial charge in [0.05, 0.1) is 12.5 Å². The molecule has 0 spiro atoms. The van der Waals surface area contributed by atoms with E-state index in [4.69, 9.17) is 17.2 Å². The van der Waals surface area contributed by atoms with E-state index in [2.05, 4.69) is 20.9 Å². The highest BCUT2D eigenvalue weighted by Crippen LogP contribution is 2.19. The number of aliphatic hydroxyl groups is 1. The molecule has 0 fully saturated rings. The smallest absolute Gasteiger partial charge is 0.326 e. The molecule has 12 N–H and O–H groups in total. The molecule has 2 aromatic rings. The van der Waals surface area contributed by atoms with Crippen molar-refractivity contribution in [2.45, 2.75) is 69.3 Å². The van der Waals surface area contributed by atoms with E-state index >= 15 is 0 Å². The van der Waals surface area contributed by atoms with Crippen molar-refractivity contribution in [3.8, 4) is 0 Å². The Balaban J connectivity index is 2.32. The van der Waals surface area contributed by atoms with Crippen LogP contribution in [0.5, 0.6) is 0 Å². The van der Waals surface area contributed by atoms with Gasteiger partial charge in [-0.25, -0.2) is 4.79 Å². The molecular formula is C25H37N7O7. The molecule has 0 bridgehead atoms. The van der Waals surface area contributed by atoms with E-state index in [1.807, 2.05) is 18.2 Å². The van der Waals surface area contributed by atoms with Crippen molar-refractivity contribution in [1.29, 1.82) is 0 Å². The number of unbranched alkanes of at least 4 members (excludes halogenated alkanes) is 1. The maximum Gasteiger partial charge on any atom is 0.326 e. The number of para-hydroxylation sites is 1. The summed E-state index contributed by atoms with van der Waals surface area (Å²) in [5.41, 5.74) is 17.8. The van der Waals surface area contributed by atoms with Gasteiger partial charge in [-0.3, -0.25) is 19.2 Å². The number of primary amides is 1. The maximum atomic E-state index is 13.3. The number of carbonyl (C=O) groups excluding carboxylic acids is 4. The largest absolute Gasteiger partial charge is 0.480 e. The number of hydrogen-bond acceptors (Lipinski definition) is 8. The normalized spacial score (nSPS) is 15.0. The fourth-order valence-corrected chi connectivity index (χ4v) is 3.92. The summed E-state index contributed by atoms with van der Waals surface area (Å²) in [5.74, 6) is -4.77. The van der Waals surface area contributed by atoms with Crippen LogP contribution in [0.1, 0.15) is 38.2 Å². The Morgan fingerprint density at radius 3 is 2.18 bits per heavy atom. The molecule has 14 nitrogen and oxygen atoms in total. The van der Waals surface area contributed by atoms with Gasteiger partial charge in [0.25, 0.3) is 0 Å². The van der Waals surface area contributed by atoms with Crippen LogP contribution in [0.15, 0.2) is 30.5 Å². The minimum absolute atomic E-state index is 0.0405. The molecule has 1 heterocycles. The summed E-state index contributed by atoms with van der Waals surface area (Å²) in [5, 5.41) is 27.2. The van der Waals surface area contributed by atoms with Crippen molar-refractivity contribution in [2.75, 3.05) is 6.54 Å². The number of fused-ring (bicyclic) bond motifs is 1. The van der Waals surface area contributed by atoms with E-state index < -0.39 is 66.3 Å². The number of rotatable bonds is 16. The van der Waals surface area contributed by atoms with E-state index in [0.29, 0.717) is 24.9 Å². The quantitative estimate of drug-likeness (QED) is 0.105. The predicted molar refractivity (Wildman–Crippen MR) is 142 cm³/mol. The summed E-state index contributed by atoms with van der Waals surface area (Å²) in [4.78, 5) is 65.3. The van der Waals surface area contributed by atoms with Gasteiger partial charge in [-0.2, -0.15) is 0 Å². The van der Waals surface area contributed by atoms with Crippen molar-refractivity contribution in [2.24, 2.45) is 17.2 Å². The third kappa shape index (κ3) is 9.35. The van der Waals surface area contributed by atoms with Crippen molar-refractivity contribution in [3.63, 3.8) is 0 Å². The first-order valence-corrected chi connectivity index (χ1v) is 12.6. The average molecular weight is 548 g/mol. The molecule has 4 amide bonds. The number of benzene rings is 1. The molecule has 14 heteroatoms. The standard InChI is InChI=1S/C25H37N7O7/c1-13(33)21(28)24(37)32-19(11-20(27)34)23(36)31-18(10-14-12-29-16-7-3-2-6-15(14)16)22(35)30-17(25(38)39)8-4-5-9-26/h2-3,6-7,12-13,17-19,21,29,33H,4-5,8-11,26,28H2,1H3,(H2,27,34)(H,30,35)(H,31,36)(H,32,37)(H,38,39). The number of aliphatic carboxylic acids is 1. The minimum Gasteiger partial charge on any atom is -0.480 e. The first-order chi connectivity index (χ1) is 18.4. The lowest BCUT2D eigenvalue weighted by molar-refractivity contribution is -0.142. The third-order valence-corrected chi connectivity index (χ3v) is 6.15. The Labute approximate surface area is 225 Å². The van der Waals surface area contributed by atoms with Crippen molar-refractivity contribution in [3.05, 3.63) is 36.0 Å². The molecule has 0 saturated carbocycles. The van der Waals surface area contributed by atoms with Crippen LogP contribution in [0.4, 0.5) is 0 Å². The number of nitrogens with one attached hydrogen (secondary N) is 4. The number of carboxylic acid groups (broad SMARTS) is 1. The number of carbonyl (C=O) groups is 5. The summed E-state index contributed by atoms with van der Waals surface area (Å²) < 4.78 is 0. The van der Waals surface area contributed by atoms with E-state index in [0.717, 1.165) is 10.9 Å². The van der Waals surface area contributed by atoms with Crippen molar-refractivity contribution in [1.82, 2.24) is 20.9 Å². The molecule has 2 rings (SSSR count). The number of H-pyrrole nitrogens is 1. The third-order valence-electron chi connectivity index (χ3n) is 6.15. The second-order valence-electron chi connectivity index (χ2n) is 9.31. The van der Waals surface area contributed by atoms with Gasteiger partial charge in [0, 0.05) is 23.5 Å². The second kappa shape index (κ2) is 14.8. The highest BCUT2D eigenvalue weighted by atomic mass is 16.4. The topological polar surface area (TPSA) is 256 Å². The lowest BCUT2D eigenvalue weighted by atomic mass is 10.0. The zero-order valence-corrected chi connectivity index (χ0v) is 21.7. The lowest BCUT2D eigenvalue weighted by Crippen LogP contribution is -2.59. The predicted octanol–water partition coefficient (Wildman–Crippen LogP) is -2.04. The van der Waals surface area contributed by atoms with E-state index in [9.17, 15) is 34.2 Å². The van der Waals surface area contributed by atoms with Gasteiger partial charge in [0.1, 0.15) is 24.2 Å². The van der Waals surface area contributed by atoms with Gasteiger partial charge < -0.3 is 48.3 Å². The van der Waals surface area contributed by atoms with Crippen LogP contribution in [0.25, 0.3) is 10.9 Å². The summed E-state index contributed by atoms with van der Waals surface area (Å²) in [6.07, 6.45) is 0.932. The van der Waals surface area contributed by atoms with E-state index in [-0.39, 0.29) is 12.8 Å². The van der Waals surface area contributed by atoms with Crippen molar-refractivity contribution >= 4 is 40.5 Å². The maximum absolute atomic E-state index is 13.3. The molecule has 1 aromatic carbocycles. The first kappa shape index (κ1) is 31.2. The average Bonchev–Trinajstić information content (AvgIpc) is 3.29.